The van der Waals surface area contributed by atoms with Crippen LogP contribution in [0, 0.1) is 0 Å². The van der Waals surface area contributed by atoms with Crippen LogP contribution in [-0.4, -0.2) is 48.2 Å². The molecule has 5 heteroatoms. The SMILES string of the molecule is CC1OCCC1N(C)C(=O)CCC(=O)OC(C)(C)C. The molecule has 0 radical (unpaired) electrons. The van der Waals surface area contributed by atoms with Crippen LogP contribution in [0.1, 0.15) is 47.0 Å². The van der Waals surface area contributed by atoms with Gasteiger partial charge in [0.2, 0.25) is 5.91 Å². The molecule has 1 aliphatic heterocycles. The van der Waals surface area contributed by atoms with Crippen LogP contribution in [0.15, 0.2) is 0 Å². The van der Waals surface area contributed by atoms with Gasteiger partial charge in [-0.1, -0.05) is 0 Å². The Hall–Kier alpha value is -1.10. The summed E-state index contributed by atoms with van der Waals surface area (Å²) in [6, 6.07) is 0.117. The second-order valence-electron chi connectivity index (χ2n) is 6.02. The fourth-order valence-corrected chi connectivity index (χ4v) is 2.19. The highest BCUT2D eigenvalue weighted by atomic mass is 16.6. The molecule has 0 N–H and O–H groups in total. The minimum absolute atomic E-state index is 0.0341. The zero-order chi connectivity index (χ0) is 14.6. The highest BCUT2D eigenvalue weighted by molar-refractivity contribution is 5.81. The van der Waals surface area contributed by atoms with E-state index in [0.717, 1.165) is 6.42 Å². The van der Waals surface area contributed by atoms with Crippen molar-refractivity contribution in [2.45, 2.75) is 64.7 Å². The molecule has 1 aliphatic rings. The molecule has 1 amide bonds. The number of carbonyl (C=O) groups excluding carboxylic acids is 2. The van der Waals surface area contributed by atoms with Crippen LogP contribution < -0.4 is 0 Å². The van der Waals surface area contributed by atoms with Crippen LogP contribution >= 0.6 is 0 Å². The van der Waals surface area contributed by atoms with E-state index >= 15 is 0 Å². The number of likely N-dealkylation sites (N-methyl/N-ethyl adjacent to an activating group) is 1. The minimum Gasteiger partial charge on any atom is -0.460 e. The third-order valence-electron chi connectivity index (χ3n) is 3.19. The molecule has 19 heavy (non-hydrogen) atoms. The standard InChI is InChI=1S/C14H25NO4/c1-10-11(8-9-18-10)15(5)12(16)6-7-13(17)19-14(2,3)4/h10-11H,6-9H2,1-5H3. The van der Waals surface area contributed by atoms with E-state index in [9.17, 15) is 9.59 Å². The van der Waals surface area contributed by atoms with Crippen molar-refractivity contribution < 1.29 is 19.1 Å². The molecular weight excluding hydrogens is 246 g/mol. The molecule has 1 saturated heterocycles. The van der Waals surface area contributed by atoms with Crippen LogP contribution in [-0.2, 0) is 19.1 Å². The van der Waals surface area contributed by atoms with Crippen molar-refractivity contribution in [2.24, 2.45) is 0 Å². The summed E-state index contributed by atoms with van der Waals surface area (Å²) in [6.07, 6.45) is 1.24. The third-order valence-corrected chi connectivity index (χ3v) is 3.19. The van der Waals surface area contributed by atoms with Crippen molar-refractivity contribution in [3.63, 3.8) is 0 Å². The van der Waals surface area contributed by atoms with E-state index in [-0.39, 0.29) is 36.9 Å². The van der Waals surface area contributed by atoms with Gasteiger partial charge in [-0.2, -0.15) is 0 Å². The monoisotopic (exact) mass is 271 g/mol. The summed E-state index contributed by atoms with van der Waals surface area (Å²) in [5.41, 5.74) is -0.500. The Morgan fingerprint density at radius 3 is 2.42 bits per heavy atom. The average Bonchev–Trinajstić information content (AvgIpc) is 2.69. The first-order valence-electron chi connectivity index (χ1n) is 6.80. The lowest BCUT2D eigenvalue weighted by atomic mass is 10.1. The van der Waals surface area contributed by atoms with Gasteiger partial charge in [0.1, 0.15) is 5.60 Å². The van der Waals surface area contributed by atoms with E-state index < -0.39 is 5.60 Å². The Morgan fingerprint density at radius 1 is 1.32 bits per heavy atom. The van der Waals surface area contributed by atoms with Crippen LogP contribution in [0.2, 0.25) is 0 Å². The fraction of sp³-hybridized carbons (Fsp3) is 0.857. The van der Waals surface area contributed by atoms with Crippen LogP contribution in [0.3, 0.4) is 0 Å². The molecule has 110 valence electrons. The quantitative estimate of drug-likeness (QED) is 0.731. The smallest absolute Gasteiger partial charge is 0.306 e. The van der Waals surface area contributed by atoms with Crippen molar-refractivity contribution >= 4 is 11.9 Å². The van der Waals surface area contributed by atoms with E-state index in [0.29, 0.717) is 6.61 Å². The van der Waals surface area contributed by atoms with Gasteiger partial charge in [0.25, 0.3) is 0 Å². The lowest BCUT2D eigenvalue weighted by Gasteiger charge is -2.27. The van der Waals surface area contributed by atoms with E-state index in [1.54, 1.807) is 11.9 Å². The summed E-state index contributed by atoms with van der Waals surface area (Å²) in [4.78, 5) is 25.3. The average molecular weight is 271 g/mol. The molecular formula is C14H25NO4. The number of esters is 1. The lowest BCUT2D eigenvalue weighted by Crippen LogP contribution is -2.41. The molecule has 0 bridgehead atoms. The summed E-state index contributed by atoms with van der Waals surface area (Å²) >= 11 is 0. The molecule has 1 rings (SSSR count). The normalized spacial score (nSPS) is 23.2. The Kier molecular flexibility index (Phi) is 5.35. The van der Waals surface area contributed by atoms with Crippen molar-refractivity contribution in [2.75, 3.05) is 13.7 Å². The van der Waals surface area contributed by atoms with Gasteiger partial charge in [0, 0.05) is 20.1 Å². The number of rotatable bonds is 4. The van der Waals surface area contributed by atoms with Gasteiger partial charge in [-0.05, 0) is 34.1 Å². The predicted molar refractivity (Wildman–Crippen MR) is 71.7 cm³/mol. The number of ether oxygens (including phenoxy) is 2. The minimum atomic E-state index is -0.500. The van der Waals surface area contributed by atoms with E-state index in [2.05, 4.69) is 0 Å². The maximum absolute atomic E-state index is 12.0. The predicted octanol–water partition coefficient (Wildman–Crippen LogP) is 1.74. The van der Waals surface area contributed by atoms with Gasteiger partial charge in [0.05, 0.1) is 18.6 Å². The second-order valence-corrected chi connectivity index (χ2v) is 6.02. The fourth-order valence-electron chi connectivity index (χ4n) is 2.19. The summed E-state index contributed by atoms with van der Waals surface area (Å²) in [6.45, 7) is 8.11. The molecule has 0 aliphatic carbocycles. The molecule has 0 aromatic rings. The van der Waals surface area contributed by atoms with Gasteiger partial charge in [0.15, 0.2) is 0 Å². The summed E-state index contributed by atoms with van der Waals surface area (Å²) in [7, 11) is 1.77. The maximum atomic E-state index is 12.0. The first kappa shape index (κ1) is 16.0. The van der Waals surface area contributed by atoms with Gasteiger partial charge in [-0.3, -0.25) is 9.59 Å². The van der Waals surface area contributed by atoms with Crippen LogP contribution in [0.4, 0.5) is 0 Å². The molecule has 1 fully saturated rings. The Bertz CT molecular complexity index is 335. The first-order chi connectivity index (χ1) is 8.70. The summed E-state index contributed by atoms with van der Waals surface area (Å²) in [5, 5.41) is 0. The molecule has 0 saturated carbocycles. The zero-order valence-electron chi connectivity index (χ0n) is 12.6. The summed E-state index contributed by atoms with van der Waals surface area (Å²) in [5.74, 6) is -0.363. The van der Waals surface area contributed by atoms with Gasteiger partial charge < -0.3 is 14.4 Å². The van der Waals surface area contributed by atoms with Gasteiger partial charge in [-0.25, -0.2) is 0 Å². The van der Waals surface area contributed by atoms with Crippen molar-refractivity contribution in [1.29, 1.82) is 0 Å². The van der Waals surface area contributed by atoms with E-state index in [4.69, 9.17) is 9.47 Å². The first-order valence-corrected chi connectivity index (χ1v) is 6.80. The third kappa shape index (κ3) is 5.19. The highest BCUT2D eigenvalue weighted by Crippen LogP contribution is 2.19. The lowest BCUT2D eigenvalue weighted by molar-refractivity contribution is -0.156. The number of carbonyl (C=O) groups is 2. The molecule has 2 unspecified atom stereocenters. The highest BCUT2D eigenvalue weighted by Gasteiger charge is 2.30. The Balaban J connectivity index is 2.36. The van der Waals surface area contributed by atoms with Crippen molar-refractivity contribution in [3.8, 4) is 0 Å². The van der Waals surface area contributed by atoms with Crippen molar-refractivity contribution in [3.05, 3.63) is 0 Å². The Labute approximate surface area is 115 Å². The topological polar surface area (TPSA) is 55.8 Å². The number of amides is 1. The van der Waals surface area contributed by atoms with Crippen molar-refractivity contribution in [1.82, 2.24) is 4.90 Å². The zero-order valence-corrected chi connectivity index (χ0v) is 12.6. The number of hydrogen-bond acceptors (Lipinski definition) is 4. The molecule has 2 atom stereocenters. The van der Waals surface area contributed by atoms with Crippen LogP contribution in [0.5, 0.6) is 0 Å². The van der Waals surface area contributed by atoms with Gasteiger partial charge in [-0.15, -0.1) is 0 Å². The molecule has 1 heterocycles. The molecule has 5 nitrogen and oxygen atoms in total. The van der Waals surface area contributed by atoms with E-state index in [1.807, 2.05) is 27.7 Å². The molecule has 0 spiro atoms. The largest absolute Gasteiger partial charge is 0.460 e. The second kappa shape index (κ2) is 6.37. The Morgan fingerprint density at radius 2 is 1.95 bits per heavy atom. The number of hydrogen-bond donors (Lipinski definition) is 0. The molecule has 0 aromatic carbocycles. The van der Waals surface area contributed by atoms with E-state index in [1.165, 1.54) is 0 Å². The molecule has 0 aromatic heterocycles. The van der Waals surface area contributed by atoms with Crippen LogP contribution in [0.25, 0.3) is 0 Å². The van der Waals surface area contributed by atoms with Gasteiger partial charge >= 0.3 is 5.97 Å². The maximum Gasteiger partial charge on any atom is 0.306 e. The number of nitrogens with zero attached hydrogens (tertiary/aromatic N) is 1. The summed E-state index contributed by atoms with van der Waals surface area (Å²) < 4.78 is 10.6.